The predicted octanol–water partition coefficient (Wildman–Crippen LogP) is 5.55. The highest BCUT2D eigenvalue weighted by atomic mass is 35.5. The molecule has 2 aromatic carbocycles. The van der Waals surface area contributed by atoms with Crippen LogP contribution in [0.4, 0.5) is 0 Å². The summed E-state index contributed by atoms with van der Waals surface area (Å²) in [5, 5.41) is 2.54. The molecule has 0 saturated heterocycles. The van der Waals surface area contributed by atoms with Gasteiger partial charge in [-0.05, 0) is 22.4 Å². The minimum absolute atomic E-state index is 0.0512. The standard InChI is InChI=1S/C14H7Cl3N2S/c15-10-11(18-14(17)19-13(10)16)9-6-5-7-3-1-2-4-8(7)12(9)20/h1-6,20H. The maximum Gasteiger partial charge on any atom is 0.224 e. The van der Waals surface area contributed by atoms with Gasteiger partial charge >= 0.3 is 0 Å². The average molecular weight is 342 g/mol. The molecule has 0 unspecified atom stereocenters. The molecule has 0 radical (unpaired) electrons. The highest BCUT2D eigenvalue weighted by molar-refractivity contribution is 7.80. The van der Waals surface area contributed by atoms with E-state index in [-0.39, 0.29) is 15.5 Å². The Bertz CT molecular complexity index is 821. The first-order valence-electron chi connectivity index (χ1n) is 5.67. The Morgan fingerprint density at radius 1 is 0.900 bits per heavy atom. The van der Waals surface area contributed by atoms with Crippen LogP contribution in [0.15, 0.2) is 41.3 Å². The van der Waals surface area contributed by atoms with Gasteiger partial charge in [-0.15, -0.1) is 12.6 Å². The third kappa shape index (κ3) is 2.35. The number of aromatic nitrogens is 2. The summed E-state index contributed by atoms with van der Waals surface area (Å²) in [6.45, 7) is 0. The van der Waals surface area contributed by atoms with Crippen LogP contribution in [0, 0.1) is 0 Å². The Morgan fingerprint density at radius 3 is 2.45 bits per heavy atom. The molecule has 0 spiro atoms. The highest BCUT2D eigenvalue weighted by Gasteiger charge is 2.15. The van der Waals surface area contributed by atoms with E-state index in [4.69, 9.17) is 34.8 Å². The van der Waals surface area contributed by atoms with E-state index in [1.807, 2.05) is 36.4 Å². The summed E-state index contributed by atoms with van der Waals surface area (Å²) in [5.41, 5.74) is 1.25. The van der Waals surface area contributed by atoms with Gasteiger partial charge in [-0.3, -0.25) is 0 Å². The lowest BCUT2D eigenvalue weighted by Gasteiger charge is -2.10. The summed E-state index contributed by atoms with van der Waals surface area (Å²) >= 11 is 22.6. The lowest BCUT2D eigenvalue weighted by atomic mass is 10.0. The van der Waals surface area contributed by atoms with Crippen LogP contribution in [-0.4, -0.2) is 9.97 Å². The fourth-order valence-corrected chi connectivity index (χ4v) is 2.97. The summed E-state index contributed by atoms with van der Waals surface area (Å²) in [6, 6.07) is 11.8. The molecule has 0 aliphatic heterocycles. The van der Waals surface area contributed by atoms with Crippen LogP contribution in [0.5, 0.6) is 0 Å². The molecule has 1 aromatic heterocycles. The van der Waals surface area contributed by atoms with Crippen LogP contribution in [0.25, 0.3) is 22.0 Å². The van der Waals surface area contributed by atoms with Crippen molar-refractivity contribution in [2.24, 2.45) is 0 Å². The van der Waals surface area contributed by atoms with Crippen molar-refractivity contribution in [1.82, 2.24) is 9.97 Å². The fourth-order valence-electron chi connectivity index (χ4n) is 2.02. The van der Waals surface area contributed by atoms with E-state index >= 15 is 0 Å². The van der Waals surface area contributed by atoms with Crippen molar-refractivity contribution < 1.29 is 0 Å². The lowest BCUT2D eigenvalue weighted by Crippen LogP contribution is -1.92. The van der Waals surface area contributed by atoms with Crippen molar-refractivity contribution >= 4 is 58.2 Å². The summed E-state index contributed by atoms with van der Waals surface area (Å²) in [5.74, 6) is 0. The minimum Gasteiger partial charge on any atom is -0.216 e. The third-order valence-corrected chi connectivity index (χ3v) is 4.32. The van der Waals surface area contributed by atoms with Crippen molar-refractivity contribution in [1.29, 1.82) is 0 Å². The Hall–Kier alpha value is -1.00. The minimum atomic E-state index is 0.0512. The summed E-state index contributed by atoms with van der Waals surface area (Å²) < 4.78 is 0. The van der Waals surface area contributed by atoms with Gasteiger partial charge in [0.05, 0.1) is 5.69 Å². The Balaban J connectivity index is 2.33. The molecule has 0 bridgehead atoms. The van der Waals surface area contributed by atoms with Crippen molar-refractivity contribution in [2.75, 3.05) is 0 Å². The van der Waals surface area contributed by atoms with Crippen LogP contribution in [0.2, 0.25) is 15.5 Å². The van der Waals surface area contributed by atoms with Gasteiger partial charge in [0.25, 0.3) is 0 Å². The number of thiol groups is 1. The quantitative estimate of drug-likeness (QED) is 0.357. The molecule has 0 N–H and O–H groups in total. The molecule has 3 aromatic rings. The molecule has 6 heteroatoms. The largest absolute Gasteiger partial charge is 0.224 e. The lowest BCUT2D eigenvalue weighted by molar-refractivity contribution is 1.17. The van der Waals surface area contributed by atoms with Crippen LogP contribution in [-0.2, 0) is 0 Å². The van der Waals surface area contributed by atoms with Gasteiger partial charge in [0, 0.05) is 10.5 Å². The van der Waals surface area contributed by atoms with Crippen molar-refractivity contribution in [3.63, 3.8) is 0 Å². The number of benzene rings is 2. The molecule has 0 aliphatic carbocycles. The molecule has 100 valence electrons. The first-order chi connectivity index (χ1) is 9.58. The molecular formula is C14H7Cl3N2S. The molecule has 0 aliphatic rings. The second-order valence-corrected chi connectivity index (χ2v) is 5.65. The smallest absolute Gasteiger partial charge is 0.216 e. The number of fused-ring (bicyclic) bond motifs is 1. The van der Waals surface area contributed by atoms with E-state index in [1.54, 1.807) is 0 Å². The summed E-state index contributed by atoms with van der Waals surface area (Å²) in [6.07, 6.45) is 0. The average Bonchev–Trinajstić information content (AvgIpc) is 2.44. The molecular weight excluding hydrogens is 335 g/mol. The van der Waals surface area contributed by atoms with E-state index in [1.165, 1.54) is 0 Å². The van der Waals surface area contributed by atoms with E-state index < -0.39 is 0 Å². The Labute approximate surface area is 136 Å². The second-order valence-electron chi connectivity index (χ2n) is 4.13. The molecule has 0 fully saturated rings. The molecule has 2 nitrogen and oxygen atoms in total. The van der Waals surface area contributed by atoms with Crippen LogP contribution < -0.4 is 0 Å². The van der Waals surface area contributed by atoms with Gasteiger partial charge in [0.2, 0.25) is 5.28 Å². The van der Waals surface area contributed by atoms with E-state index in [0.717, 1.165) is 21.2 Å². The number of nitrogens with zero attached hydrogens (tertiary/aromatic N) is 2. The van der Waals surface area contributed by atoms with Crippen LogP contribution >= 0.6 is 47.4 Å². The normalized spacial score (nSPS) is 11.0. The Kier molecular flexibility index (Phi) is 3.78. The summed E-state index contributed by atoms with van der Waals surface area (Å²) in [7, 11) is 0. The zero-order chi connectivity index (χ0) is 14.3. The summed E-state index contributed by atoms with van der Waals surface area (Å²) in [4.78, 5) is 8.75. The van der Waals surface area contributed by atoms with Crippen LogP contribution in [0.3, 0.4) is 0 Å². The zero-order valence-corrected chi connectivity index (χ0v) is 13.1. The molecule has 0 saturated carbocycles. The predicted molar refractivity (Wildman–Crippen MR) is 87.3 cm³/mol. The molecule has 1 heterocycles. The van der Waals surface area contributed by atoms with Gasteiger partial charge < -0.3 is 0 Å². The number of hydrogen-bond donors (Lipinski definition) is 1. The SMILES string of the molecule is Sc1c(-c2nc(Cl)nc(Cl)c2Cl)ccc2ccccc12. The van der Waals surface area contributed by atoms with Crippen molar-refractivity contribution in [3.8, 4) is 11.3 Å². The monoisotopic (exact) mass is 340 g/mol. The number of hydrogen-bond acceptors (Lipinski definition) is 3. The molecule has 0 atom stereocenters. The maximum atomic E-state index is 6.17. The molecule has 20 heavy (non-hydrogen) atoms. The second kappa shape index (κ2) is 5.41. The Morgan fingerprint density at radius 2 is 1.65 bits per heavy atom. The van der Waals surface area contributed by atoms with E-state index in [2.05, 4.69) is 22.6 Å². The van der Waals surface area contributed by atoms with Gasteiger partial charge in [0.1, 0.15) is 5.02 Å². The van der Waals surface area contributed by atoms with Crippen LogP contribution in [0.1, 0.15) is 0 Å². The van der Waals surface area contributed by atoms with Gasteiger partial charge in [0.15, 0.2) is 5.15 Å². The molecule has 3 rings (SSSR count). The van der Waals surface area contributed by atoms with Crippen molar-refractivity contribution in [2.45, 2.75) is 4.90 Å². The highest BCUT2D eigenvalue weighted by Crippen LogP contribution is 2.37. The third-order valence-electron chi connectivity index (χ3n) is 2.94. The topological polar surface area (TPSA) is 25.8 Å². The first-order valence-corrected chi connectivity index (χ1v) is 7.25. The first kappa shape index (κ1) is 14.0. The number of rotatable bonds is 1. The maximum absolute atomic E-state index is 6.17. The van der Waals surface area contributed by atoms with E-state index in [9.17, 15) is 0 Å². The molecule has 0 amide bonds. The van der Waals surface area contributed by atoms with Gasteiger partial charge in [-0.2, -0.15) is 0 Å². The fraction of sp³-hybridized carbons (Fsp3) is 0. The van der Waals surface area contributed by atoms with E-state index in [0.29, 0.717) is 5.69 Å². The van der Waals surface area contributed by atoms with Crippen molar-refractivity contribution in [3.05, 3.63) is 51.9 Å². The van der Waals surface area contributed by atoms with Gasteiger partial charge in [-0.25, -0.2) is 9.97 Å². The van der Waals surface area contributed by atoms with Gasteiger partial charge in [-0.1, -0.05) is 59.6 Å². The zero-order valence-electron chi connectivity index (χ0n) is 9.94. The number of halogens is 3.